The lowest BCUT2D eigenvalue weighted by Gasteiger charge is -2.10. The molecule has 0 amide bonds. The Bertz CT molecular complexity index is 541. The van der Waals surface area contributed by atoms with Gasteiger partial charge in [0, 0.05) is 23.9 Å². The Labute approximate surface area is 106 Å². The van der Waals surface area contributed by atoms with Gasteiger partial charge in [0.15, 0.2) is 0 Å². The van der Waals surface area contributed by atoms with E-state index in [2.05, 4.69) is 4.98 Å². The summed E-state index contributed by atoms with van der Waals surface area (Å²) in [6.07, 6.45) is 0. The first-order valence-corrected chi connectivity index (χ1v) is 5.71. The molecule has 0 fully saturated rings. The lowest BCUT2D eigenvalue weighted by molar-refractivity contribution is 0.406. The highest BCUT2D eigenvalue weighted by Crippen LogP contribution is 2.26. The van der Waals surface area contributed by atoms with Crippen LogP contribution < -0.4 is 15.2 Å². The van der Waals surface area contributed by atoms with Crippen LogP contribution in [0.25, 0.3) is 0 Å². The summed E-state index contributed by atoms with van der Waals surface area (Å²) in [4.78, 5) is 4.35. The Kier molecular flexibility index (Phi) is 3.79. The van der Waals surface area contributed by atoms with Gasteiger partial charge in [-0.1, -0.05) is 12.1 Å². The predicted octanol–water partition coefficient (Wildman–Crippen LogP) is 2.65. The summed E-state index contributed by atoms with van der Waals surface area (Å²) in [7, 11) is 1.62. The van der Waals surface area contributed by atoms with Gasteiger partial charge in [-0.25, -0.2) is 4.98 Å². The van der Waals surface area contributed by atoms with E-state index in [0.29, 0.717) is 18.2 Å². The molecule has 0 spiro atoms. The normalized spacial score (nSPS) is 10.2. The summed E-state index contributed by atoms with van der Waals surface area (Å²) in [5.41, 5.74) is 7.44. The molecule has 1 aromatic carbocycles. The number of benzene rings is 1. The van der Waals surface area contributed by atoms with Crippen LogP contribution in [0.3, 0.4) is 0 Å². The van der Waals surface area contributed by atoms with Crippen LogP contribution in [-0.4, -0.2) is 12.1 Å². The topological polar surface area (TPSA) is 57.4 Å². The first kappa shape index (κ1) is 12.4. The van der Waals surface area contributed by atoms with Gasteiger partial charge >= 0.3 is 0 Å². The van der Waals surface area contributed by atoms with Gasteiger partial charge in [-0.2, -0.15) is 0 Å². The Morgan fingerprint density at radius 1 is 1.17 bits per heavy atom. The number of rotatable bonds is 4. The molecule has 0 saturated heterocycles. The molecule has 2 aromatic rings. The fraction of sp³-hybridized carbons (Fsp3) is 0.214. The second kappa shape index (κ2) is 5.51. The van der Waals surface area contributed by atoms with Gasteiger partial charge in [0.05, 0.1) is 7.11 Å². The molecule has 0 saturated carbocycles. The van der Waals surface area contributed by atoms with E-state index in [1.54, 1.807) is 7.11 Å². The molecular weight excluding hydrogens is 228 g/mol. The molecule has 0 aliphatic heterocycles. The zero-order valence-corrected chi connectivity index (χ0v) is 10.5. The highest BCUT2D eigenvalue weighted by molar-refractivity contribution is 5.37. The van der Waals surface area contributed by atoms with Crippen LogP contribution in [-0.2, 0) is 6.54 Å². The minimum absolute atomic E-state index is 0.395. The van der Waals surface area contributed by atoms with E-state index in [9.17, 15) is 0 Å². The third-order valence-electron chi connectivity index (χ3n) is 2.55. The van der Waals surface area contributed by atoms with Crippen LogP contribution >= 0.6 is 0 Å². The van der Waals surface area contributed by atoms with Crippen LogP contribution in [0.5, 0.6) is 17.4 Å². The minimum Gasteiger partial charge on any atom is -0.497 e. The van der Waals surface area contributed by atoms with Crippen LogP contribution in [0.2, 0.25) is 0 Å². The number of pyridine rings is 1. The van der Waals surface area contributed by atoms with Crippen LogP contribution in [0.1, 0.15) is 11.3 Å². The molecule has 94 valence electrons. The summed E-state index contributed by atoms with van der Waals surface area (Å²) in [6.45, 7) is 2.31. The first-order valence-electron chi connectivity index (χ1n) is 5.71. The zero-order valence-electron chi connectivity index (χ0n) is 10.5. The van der Waals surface area contributed by atoms with Crippen molar-refractivity contribution in [1.29, 1.82) is 0 Å². The molecule has 2 N–H and O–H groups in total. The van der Waals surface area contributed by atoms with Crippen LogP contribution in [0.15, 0.2) is 36.4 Å². The first-order chi connectivity index (χ1) is 8.72. The second-order valence-electron chi connectivity index (χ2n) is 3.90. The van der Waals surface area contributed by atoms with Crippen molar-refractivity contribution in [2.24, 2.45) is 5.73 Å². The van der Waals surface area contributed by atoms with Gasteiger partial charge in [-0.05, 0) is 25.1 Å². The van der Waals surface area contributed by atoms with Crippen molar-refractivity contribution in [1.82, 2.24) is 4.98 Å². The van der Waals surface area contributed by atoms with E-state index < -0.39 is 0 Å². The van der Waals surface area contributed by atoms with Gasteiger partial charge in [0.2, 0.25) is 5.88 Å². The highest BCUT2D eigenvalue weighted by atomic mass is 16.5. The number of hydrogen-bond acceptors (Lipinski definition) is 4. The maximum Gasteiger partial charge on any atom is 0.223 e. The average molecular weight is 244 g/mol. The van der Waals surface area contributed by atoms with Crippen molar-refractivity contribution in [3.8, 4) is 17.4 Å². The summed E-state index contributed by atoms with van der Waals surface area (Å²) in [5, 5.41) is 0. The van der Waals surface area contributed by atoms with Gasteiger partial charge < -0.3 is 15.2 Å². The van der Waals surface area contributed by atoms with Crippen LogP contribution in [0, 0.1) is 6.92 Å². The number of nitrogens with zero attached hydrogens (tertiary/aromatic N) is 1. The van der Waals surface area contributed by atoms with Crippen molar-refractivity contribution < 1.29 is 9.47 Å². The lowest BCUT2D eigenvalue weighted by atomic mass is 10.2. The SMILES string of the molecule is COc1cccc(Oc2nc(C)ccc2CN)c1. The maximum atomic E-state index is 5.75. The number of ether oxygens (including phenoxy) is 2. The fourth-order valence-corrected chi connectivity index (χ4v) is 1.58. The Morgan fingerprint density at radius 3 is 2.67 bits per heavy atom. The van der Waals surface area contributed by atoms with Crippen molar-refractivity contribution in [2.45, 2.75) is 13.5 Å². The zero-order chi connectivity index (χ0) is 13.0. The molecule has 1 aromatic heterocycles. The standard InChI is InChI=1S/C14H16N2O2/c1-10-6-7-11(9-15)14(16-10)18-13-5-3-4-12(8-13)17-2/h3-8H,9,15H2,1-2H3. The van der Waals surface area contributed by atoms with E-state index in [1.807, 2.05) is 43.3 Å². The van der Waals surface area contributed by atoms with Crippen molar-refractivity contribution in [3.05, 3.63) is 47.7 Å². The number of methoxy groups -OCH3 is 1. The molecule has 0 unspecified atom stereocenters. The van der Waals surface area contributed by atoms with Crippen molar-refractivity contribution >= 4 is 0 Å². The fourth-order valence-electron chi connectivity index (χ4n) is 1.58. The number of aryl methyl sites for hydroxylation is 1. The molecular formula is C14H16N2O2. The largest absolute Gasteiger partial charge is 0.497 e. The molecule has 2 rings (SSSR count). The maximum absolute atomic E-state index is 5.75. The Morgan fingerprint density at radius 2 is 1.94 bits per heavy atom. The molecule has 4 nitrogen and oxygen atoms in total. The van der Waals surface area contributed by atoms with Crippen LogP contribution in [0.4, 0.5) is 0 Å². The molecule has 4 heteroatoms. The number of nitrogens with two attached hydrogens (primary N) is 1. The summed E-state index contributed by atoms with van der Waals surface area (Å²) < 4.78 is 10.9. The van der Waals surface area contributed by atoms with Gasteiger partial charge in [-0.3, -0.25) is 0 Å². The quantitative estimate of drug-likeness (QED) is 0.898. The third kappa shape index (κ3) is 2.78. The molecule has 18 heavy (non-hydrogen) atoms. The Balaban J connectivity index is 2.29. The minimum atomic E-state index is 0.395. The van der Waals surface area contributed by atoms with E-state index >= 15 is 0 Å². The Hall–Kier alpha value is -2.07. The average Bonchev–Trinajstić information content (AvgIpc) is 2.39. The molecule has 0 bridgehead atoms. The molecule has 0 radical (unpaired) electrons. The van der Waals surface area contributed by atoms with Crippen molar-refractivity contribution in [2.75, 3.05) is 7.11 Å². The van der Waals surface area contributed by atoms with E-state index in [4.69, 9.17) is 15.2 Å². The summed E-state index contributed by atoms with van der Waals surface area (Å²) in [6, 6.07) is 11.2. The predicted molar refractivity (Wildman–Crippen MR) is 69.9 cm³/mol. The highest BCUT2D eigenvalue weighted by Gasteiger charge is 2.06. The van der Waals surface area contributed by atoms with Gasteiger partial charge in [0.25, 0.3) is 0 Å². The summed E-state index contributed by atoms with van der Waals surface area (Å²) >= 11 is 0. The van der Waals surface area contributed by atoms with Gasteiger partial charge in [0.1, 0.15) is 11.5 Å². The molecule has 0 aliphatic rings. The molecule has 0 aliphatic carbocycles. The van der Waals surface area contributed by atoms with E-state index in [1.165, 1.54) is 0 Å². The van der Waals surface area contributed by atoms with E-state index in [0.717, 1.165) is 17.0 Å². The van der Waals surface area contributed by atoms with Gasteiger partial charge in [-0.15, -0.1) is 0 Å². The van der Waals surface area contributed by atoms with Crippen molar-refractivity contribution in [3.63, 3.8) is 0 Å². The third-order valence-corrected chi connectivity index (χ3v) is 2.55. The second-order valence-corrected chi connectivity index (χ2v) is 3.90. The number of hydrogen-bond donors (Lipinski definition) is 1. The summed E-state index contributed by atoms with van der Waals surface area (Å²) in [5.74, 6) is 1.97. The molecule has 0 atom stereocenters. The lowest BCUT2D eigenvalue weighted by Crippen LogP contribution is -2.02. The molecule has 1 heterocycles. The van der Waals surface area contributed by atoms with E-state index in [-0.39, 0.29) is 0 Å². The monoisotopic (exact) mass is 244 g/mol. The number of aromatic nitrogens is 1. The smallest absolute Gasteiger partial charge is 0.223 e.